The summed E-state index contributed by atoms with van der Waals surface area (Å²) < 4.78 is 0. The van der Waals surface area contributed by atoms with E-state index in [1.165, 1.54) is 0 Å². The minimum atomic E-state index is -0.950. The van der Waals surface area contributed by atoms with Crippen LogP contribution in [0.15, 0.2) is 18.2 Å². The summed E-state index contributed by atoms with van der Waals surface area (Å²) in [5.41, 5.74) is 1.80. The molecule has 0 bridgehead atoms. The Bertz CT molecular complexity index is 1070. The van der Waals surface area contributed by atoms with Gasteiger partial charge in [-0.25, -0.2) is 0 Å². The van der Waals surface area contributed by atoms with Gasteiger partial charge < -0.3 is 9.80 Å². The van der Waals surface area contributed by atoms with E-state index in [0.29, 0.717) is 17.5 Å². The second kappa shape index (κ2) is 8.52. The molecule has 1 spiro atoms. The number of fused-ring (bicyclic) bond motifs is 1. The standard InChI is InChI=1S/C25H30N4O5/c1-2-21(31)28-13-9-25(10-14-28)7-11-27(12-8-25)16-3-4-17-18(15-16)24(34)29(23(17)33)19-5-6-20(30)26-22(19)32/h3-4,15,19H,2,5-14H2,1H3,(H,26,30,32). The summed E-state index contributed by atoms with van der Waals surface area (Å²) in [6.07, 6.45) is 4.95. The number of hydrogen-bond donors (Lipinski definition) is 1. The summed E-state index contributed by atoms with van der Waals surface area (Å²) in [7, 11) is 0. The number of nitrogens with one attached hydrogen (secondary N) is 1. The van der Waals surface area contributed by atoms with Crippen molar-refractivity contribution in [2.75, 3.05) is 31.1 Å². The molecule has 0 saturated carbocycles. The first-order chi connectivity index (χ1) is 16.3. The van der Waals surface area contributed by atoms with Gasteiger partial charge >= 0.3 is 0 Å². The van der Waals surface area contributed by atoms with Gasteiger partial charge in [-0.05, 0) is 55.7 Å². The quantitative estimate of drug-likeness (QED) is 0.680. The van der Waals surface area contributed by atoms with E-state index in [9.17, 15) is 24.0 Å². The van der Waals surface area contributed by atoms with Crippen molar-refractivity contribution in [2.24, 2.45) is 5.41 Å². The molecule has 0 radical (unpaired) electrons. The van der Waals surface area contributed by atoms with E-state index < -0.39 is 23.8 Å². The fraction of sp³-hybridized carbons (Fsp3) is 0.560. The van der Waals surface area contributed by atoms with Crippen LogP contribution in [0, 0.1) is 5.41 Å². The number of amides is 5. The lowest BCUT2D eigenvalue weighted by Gasteiger charge is -2.47. The van der Waals surface area contributed by atoms with Crippen molar-refractivity contribution in [3.8, 4) is 0 Å². The molecule has 3 fully saturated rings. The van der Waals surface area contributed by atoms with Crippen molar-refractivity contribution < 1.29 is 24.0 Å². The van der Waals surface area contributed by atoms with Gasteiger partial charge in [0.1, 0.15) is 6.04 Å². The van der Waals surface area contributed by atoms with E-state index >= 15 is 0 Å². The molecular weight excluding hydrogens is 436 g/mol. The maximum atomic E-state index is 13.1. The van der Waals surface area contributed by atoms with Gasteiger partial charge in [-0.3, -0.25) is 34.2 Å². The lowest BCUT2D eigenvalue weighted by Crippen LogP contribution is -2.54. The number of likely N-dealkylation sites (tertiary alicyclic amines) is 1. The Morgan fingerprint density at radius 1 is 0.971 bits per heavy atom. The van der Waals surface area contributed by atoms with Crippen LogP contribution < -0.4 is 10.2 Å². The lowest BCUT2D eigenvalue weighted by molar-refractivity contribution is -0.136. The van der Waals surface area contributed by atoms with E-state index in [2.05, 4.69) is 10.2 Å². The Labute approximate surface area is 198 Å². The number of benzene rings is 1. The molecule has 5 amide bonds. The lowest BCUT2D eigenvalue weighted by atomic mass is 9.71. The van der Waals surface area contributed by atoms with Gasteiger partial charge in [0.05, 0.1) is 11.1 Å². The topological polar surface area (TPSA) is 107 Å². The van der Waals surface area contributed by atoms with E-state index in [-0.39, 0.29) is 30.1 Å². The summed E-state index contributed by atoms with van der Waals surface area (Å²) in [6, 6.07) is 4.37. The maximum absolute atomic E-state index is 13.1. The molecule has 1 N–H and O–H groups in total. The predicted octanol–water partition coefficient (Wildman–Crippen LogP) is 1.71. The van der Waals surface area contributed by atoms with Gasteiger partial charge in [-0.2, -0.15) is 0 Å². The molecule has 4 aliphatic rings. The van der Waals surface area contributed by atoms with E-state index in [1.807, 2.05) is 17.9 Å². The number of rotatable bonds is 3. The molecule has 180 valence electrons. The summed E-state index contributed by atoms with van der Waals surface area (Å²) in [5.74, 6) is -1.70. The van der Waals surface area contributed by atoms with Gasteiger partial charge in [0, 0.05) is 44.7 Å². The van der Waals surface area contributed by atoms with Crippen LogP contribution in [0.5, 0.6) is 0 Å². The third kappa shape index (κ3) is 3.76. The highest BCUT2D eigenvalue weighted by Crippen LogP contribution is 2.42. The molecule has 5 rings (SSSR count). The molecule has 9 heteroatoms. The SMILES string of the molecule is CCC(=O)N1CCC2(CC1)CCN(c1ccc3c(c1)C(=O)N(C1CCC(=O)NC1=O)C3=O)CC2. The molecule has 1 unspecified atom stereocenters. The van der Waals surface area contributed by atoms with Crippen LogP contribution in [0.3, 0.4) is 0 Å². The molecule has 4 aliphatic heterocycles. The van der Waals surface area contributed by atoms with Crippen LogP contribution in [0.25, 0.3) is 0 Å². The van der Waals surface area contributed by atoms with Gasteiger partial charge in [0.15, 0.2) is 0 Å². The molecular formula is C25H30N4O5. The van der Waals surface area contributed by atoms with Crippen molar-refractivity contribution in [1.82, 2.24) is 15.1 Å². The van der Waals surface area contributed by atoms with Crippen LogP contribution in [0.4, 0.5) is 5.69 Å². The number of carbonyl (C=O) groups is 5. The van der Waals surface area contributed by atoms with Gasteiger partial charge in [-0.15, -0.1) is 0 Å². The van der Waals surface area contributed by atoms with Crippen molar-refractivity contribution in [3.05, 3.63) is 29.3 Å². The van der Waals surface area contributed by atoms with Gasteiger partial charge in [-0.1, -0.05) is 6.92 Å². The minimum Gasteiger partial charge on any atom is -0.371 e. The molecule has 1 aromatic carbocycles. The molecule has 9 nitrogen and oxygen atoms in total. The van der Waals surface area contributed by atoms with Crippen molar-refractivity contribution >= 4 is 35.2 Å². The number of carbonyl (C=O) groups excluding carboxylic acids is 5. The summed E-state index contributed by atoms with van der Waals surface area (Å²) in [5, 5.41) is 2.22. The van der Waals surface area contributed by atoms with Crippen LogP contribution in [0.1, 0.15) is 72.6 Å². The fourth-order valence-electron chi connectivity index (χ4n) is 5.85. The Balaban J connectivity index is 1.26. The number of anilines is 1. The van der Waals surface area contributed by atoms with Gasteiger partial charge in [0.2, 0.25) is 17.7 Å². The first-order valence-corrected chi connectivity index (χ1v) is 12.2. The number of hydrogen-bond acceptors (Lipinski definition) is 6. The molecule has 0 aromatic heterocycles. The van der Waals surface area contributed by atoms with Crippen molar-refractivity contribution in [2.45, 2.75) is 57.9 Å². The average molecular weight is 467 g/mol. The largest absolute Gasteiger partial charge is 0.371 e. The molecule has 3 saturated heterocycles. The van der Waals surface area contributed by atoms with E-state index in [0.717, 1.165) is 62.4 Å². The monoisotopic (exact) mass is 466 g/mol. The number of imide groups is 2. The zero-order valence-electron chi connectivity index (χ0n) is 19.5. The van der Waals surface area contributed by atoms with E-state index in [4.69, 9.17) is 0 Å². The van der Waals surface area contributed by atoms with Crippen molar-refractivity contribution in [1.29, 1.82) is 0 Å². The number of piperidine rings is 3. The zero-order valence-corrected chi connectivity index (χ0v) is 19.5. The highest BCUT2D eigenvalue weighted by molar-refractivity contribution is 6.23. The van der Waals surface area contributed by atoms with Crippen LogP contribution in [0.2, 0.25) is 0 Å². The highest BCUT2D eigenvalue weighted by atomic mass is 16.2. The average Bonchev–Trinajstić information content (AvgIpc) is 3.09. The third-order valence-corrected chi connectivity index (χ3v) is 8.09. The Hall–Kier alpha value is -3.23. The maximum Gasteiger partial charge on any atom is 0.262 e. The summed E-state index contributed by atoms with van der Waals surface area (Å²) in [4.78, 5) is 67.0. The minimum absolute atomic E-state index is 0.106. The summed E-state index contributed by atoms with van der Waals surface area (Å²) >= 11 is 0. The Morgan fingerprint density at radius 2 is 1.62 bits per heavy atom. The Morgan fingerprint density at radius 3 is 2.26 bits per heavy atom. The second-order valence-electron chi connectivity index (χ2n) is 9.90. The third-order valence-electron chi connectivity index (χ3n) is 8.09. The second-order valence-corrected chi connectivity index (χ2v) is 9.90. The first-order valence-electron chi connectivity index (χ1n) is 12.2. The molecule has 1 atom stereocenters. The van der Waals surface area contributed by atoms with Crippen LogP contribution >= 0.6 is 0 Å². The number of nitrogens with zero attached hydrogens (tertiary/aromatic N) is 3. The van der Waals surface area contributed by atoms with Crippen LogP contribution in [-0.2, 0) is 14.4 Å². The first kappa shape index (κ1) is 22.6. The predicted molar refractivity (Wildman–Crippen MR) is 123 cm³/mol. The Kier molecular flexibility index (Phi) is 5.65. The molecule has 4 heterocycles. The smallest absolute Gasteiger partial charge is 0.262 e. The zero-order chi connectivity index (χ0) is 24.0. The van der Waals surface area contributed by atoms with E-state index in [1.54, 1.807) is 12.1 Å². The van der Waals surface area contributed by atoms with Gasteiger partial charge in [0.25, 0.3) is 11.8 Å². The molecule has 1 aromatic rings. The molecule has 0 aliphatic carbocycles. The molecule has 34 heavy (non-hydrogen) atoms. The van der Waals surface area contributed by atoms with Crippen LogP contribution in [-0.4, -0.2) is 71.6 Å². The highest BCUT2D eigenvalue weighted by Gasteiger charge is 2.45. The normalized spacial score (nSPS) is 24.5. The summed E-state index contributed by atoms with van der Waals surface area (Å²) in [6.45, 7) is 5.29. The van der Waals surface area contributed by atoms with Crippen molar-refractivity contribution in [3.63, 3.8) is 0 Å². The fourth-order valence-corrected chi connectivity index (χ4v) is 5.85.